The molecule has 0 aliphatic carbocycles. The standard InChI is InChI=1S/C20H17FN6O2/c1-12-7-13(2)9-15(8-12)23-17(28)10-26-11-22-19-18(20(26)29)24-25-27(19)16-5-3-14(21)4-6-16/h3-9,11H,10H2,1-2H3,(H,23,28). The van der Waals surface area contributed by atoms with Crippen LogP contribution in [-0.2, 0) is 11.3 Å². The Balaban J connectivity index is 1.60. The van der Waals surface area contributed by atoms with Crippen molar-refractivity contribution in [1.82, 2.24) is 24.5 Å². The average Bonchev–Trinajstić information content (AvgIpc) is 3.08. The van der Waals surface area contributed by atoms with Crippen LogP contribution in [0.2, 0.25) is 0 Å². The van der Waals surface area contributed by atoms with Gasteiger partial charge in [0.25, 0.3) is 5.56 Å². The van der Waals surface area contributed by atoms with Gasteiger partial charge in [-0.05, 0) is 61.4 Å². The van der Waals surface area contributed by atoms with E-state index in [1.807, 2.05) is 32.0 Å². The lowest BCUT2D eigenvalue weighted by Gasteiger charge is -2.09. The Hall–Kier alpha value is -3.88. The minimum Gasteiger partial charge on any atom is -0.325 e. The molecule has 0 saturated carbocycles. The second kappa shape index (κ2) is 7.27. The van der Waals surface area contributed by atoms with Crippen molar-refractivity contribution in [2.45, 2.75) is 20.4 Å². The molecule has 0 bridgehead atoms. The molecule has 29 heavy (non-hydrogen) atoms. The third kappa shape index (κ3) is 3.75. The maximum atomic E-state index is 13.1. The summed E-state index contributed by atoms with van der Waals surface area (Å²) in [6.07, 6.45) is 1.27. The second-order valence-corrected chi connectivity index (χ2v) is 6.75. The smallest absolute Gasteiger partial charge is 0.284 e. The van der Waals surface area contributed by atoms with Crippen molar-refractivity contribution in [2.24, 2.45) is 0 Å². The highest BCUT2D eigenvalue weighted by molar-refractivity contribution is 5.90. The van der Waals surface area contributed by atoms with E-state index in [0.29, 0.717) is 11.4 Å². The van der Waals surface area contributed by atoms with Crippen LogP contribution in [0.4, 0.5) is 10.1 Å². The number of amides is 1. The monoisotopic (exact) mass is 392 g/mol. The van der Waals surface area contributed by atoms with E-state index >= 15 is 0 Å². The molecule has 4 rings (SSSR count). The van der Waals surface area contributed by atoms with Gasteiger partial charge in [-0.3, -0.25) is 14.2 Å². The van der Waals surface area contributed by atoms with Crippen molar-refractivity contribution in [3.05, 3.63) is 76.1 Å². The Morgan fingerprint density at radius 1 is 1.10 bits per heavy atom. The van der Waals surface area contributed by atoms with Crippen LogP contribution in [0.25, 0.3) is 16.9 Å². The van der Waals surface area contributed by atoms with E-state index < -0.39 is 5.56 Å². The van der Waals surface area contributed by atoms with Gasteiger partial charge in [-0.15, -0.1) is 5.10 Å². The van der Waals surface area contributed by atoms with E-state index in [2.05, 4.69) is 20.6 Å². The lowest BCUT2D eigenvalue weighted by atomic mass is 10.1. The maximum Gasteiger partial charge on any atom is 0.284 e. The molecule has 2 heterocycles. The van der Waals surface area contributed by atoms with Crippen molar-refractivity contribution in [3.8, 4) is 5.69 Å². The van der Waals surface area contributed by atoms with Gasteiger partial charge in [-0.25, -0.2) is 9.37 Å². The molecule has 8 nitrogen and oxygen atoms in total. The fraction of sp³-hybridized carbons (Fsp3) is 0.150. The molecule has 0 atom stereocenters. The molecular formula is C20H17FN6O2. The molecule has 0 saturated heterocycles. The Morgan fingerprint density at radius 3 is 2.48 bits per heavy atom. The number of nitrogens with one attached hydrogen (secondary N) is 1. The Morgan fingerprint density at radius 2 is 1.79 bits per heavy atom. The van der Waals surface area contributed by atoms with Crippen LogP contribution in [0.3, 0.4) is 0 Å². The van der Waals surface area contributed by atoms with Crippen LogP contribution in [0.15, 0.2) is 53.6 Å². The first-order chi connectivity index (χ1) is 13.9. The Bertz CT molecular complexity index is 1260. The SMILES string of the molecule is Cc1cc(C)cc(NC(=O)Cn2cnc3c(nnn3-c3ccc(F)cc3)c2=O)c1. The van der Waals surface area contributed by atoms with Crippen LogP contribution in [0, 0.1) is 19.7 Å². The molecule has 4 aromatic rings. The highest BCUT2D eigenvalue weighted by atomic mass is 19.1. The van der Waals surface area contributed by atoms with E-state index in [9.17, 15) is 14.0 Å². The number of hydrogen-bond acceptors (Lipinski definition) is 5. The van der Waals surface area contributed by atoms with Crippen LogP contribution < -0.4 is 10.9 Å². The van der Waals surface area contributed by atoms with E-state index in [0.717, 1.165) is 11.1 Å². The second-order valence-electron chi connectivity index (χ2n) is 6.75. The third-order valence-corrected chi connectivity index (χ3v) is 4.32. The van der Waals surface area contributed by atoms with Crippen molar-refractivity contribution in [3.63, 3.8) is 0 Å². The fourth-order valence-electron chi connectivity index (χ4n) is 3.11. The number of rotatable bonds is 4. The zero-order chi connectivity index (χ0) is 20.5. The van der Waals surface area contributed by atoms with Crippen molar-refractivity contribution < 1.29 is 9.18 Å². The summed E-state index contributed by atoms with van der Waals surface area (Å²) in [4.78, 5) is 29.3. The molecule has 0 fully saturated rings. The molecule has 9 heteroatoms. The zero-order valence-corrected chi connectivity index (χ0v) is 15.8. The summed E-state index contributed by atoms with van der Waals surface area (Å²) in [5.74, 6) is -0.743. The highest BCUT2D eigenvalue weighted by Gasteiger charge is 2.15. The molecule has 2 aromatic heterocycles. The third-order valence-electron chi connectivity index (χ3n) is 4.32. The van der Waals surface area contributed by atoms with Crippen molar-refractivity contribution in [2.75, 3.05) is 5.32 Å². The van der Waals surface area contributed by atoms with Crippen LogP contribution in [0.1, 0.15) is 11.1 Å². The van der Waals surface area contributed by atoms with Crippen molar-refractivity contribution >= 4 is 22.8 Å². The Kier molecular flexibility index (Phi) is 4.63. The molecule has 0 aliphatic rings. The summed E-state index contributed by atoms with van der Waals surface area (Å²) in [6.45, 7) is 3.67. The summed E-state index contributed by atoms with van der Waals surface area (Å²) in [7, 11) is 0. The summed E-state index contributed by atoms with van der Waals surface area (Å²) in [5, 5.41) is 10.6. The quantitative estimate of drug-likeness (QED) is 0.575. The summed E-state index contributed by atoms with van der Waals surface area (Å²) in [5.41, 5.74) is 3.00. The summed E-state index contributed by atoms with van der Waals surface area (Å²) >= 11 is 0. The molecule has 0 spiro atoms. The van der Waals surface area contributed by atoms with E-state index in [-0.39, 0.29) is 29.4 Å². The lowest BCUT2D eigenvalue weighted by Crippen LogP contribution is -2.28. The number of benzene rings is 2. The molecular weight excluding hydrogens is 375 g/mol. The maximum absolute atomic E-state index is 13.1. The molecule has 2 aromatic carbocycles. The number of nitrogens with zero attached hydrogens (tertiary/aromatic N) is 5. The topological polar surface area (TPSA) is 94.7 Å². The predicted octanol–water partition coefficient (Wildman–Crippen LogP) is 2.37. The van der Waals surface area contributed by atoms with Crippen LogP contribution in [-0.4, -0.2) is 30.5 Å². The number of fused-ring (bicyclic) bond motifs is 1. The minimum absolute atomic E-state index is 0.0241. The van der Waals surface area contributed by atoms with Gasteiger partial charge in [0.15, 0.2) is 11.2 Å². The number of carbonyl (C=O) groups excluding carboxylic acids is 1. The molecule has 146 valence electrons. The number of hydrogen-bond donors (Lipinski definition) is 1. The largest absolute Gasteiger partial charge is 0.325 e. The molecule has 1 amide bonds. The van der Waals surface area contributed by atoms with Gasteiger partial charge in [0.1, 0.15) is 18.7 Å². The number of aromatic nitrogens is 5. The molecule has 0 aliphatic heterocycles. The summed E-state index contributed by atoms with van der Waals surface area (Å²) < 4.78 is 15.6. The van der Waals surface area contributed by atoms with E-state index in [4.69, 9.17) is 0 Å². The first kappa shape index (κ1) is 18.5. The van der Waals surface area contributed by atoms with Crippen molar-refractivity contribution in [1.29, 1.82) is 0 Å². The predicted molar refractivity (Wildman–Crippen MR) is 105 cm³/mol. The van der Waals surface area contributed by atoms with Crippen LogP contribution >= 0.6 is 0 Å². The fourth-order valence-corrected chi connectivity index (χ4v) is 3.11. The normalized spacial score (nSPS) is 11.0. The van der Waals surface area contributed by atoms with Gasteiger partial charge < -0.3 is 5.32 Å². The van der Waals surface area contributed by atoms with Crippen LogP contribution in [0.5, 0.6) is 0 Å². The van der Waals surface area contributed by atoms with E-state index in [1.165, 1.54) is 39.8 Å². The van der Waals surface area contributed by atoms with E-state index in [1.54, 1.807) is 0 Å². The highest BCUT2D eigenvalue weighted by Crippen LogP contribution is 2.14. The van der Waals surface area contributed by atoms with Gasteiger partial charge in [0.2, 0.25) is 5.91 Å². The number of halogens is 1. The molecule has 0 radical (unpaired) electrons. The molecule has 1 N–H and O–H groups in total. The first-order valence-electron chi connectivity index (χ1n) is 8.85. The van der Waals surface area contributed by atoms with Gasteiger partial charge in [-0.1, -0.05) is 11.3 Å². The Labute approximate surface area is 164 Å². The average molecular weight is 392 g/mol. The zero-order valence-electron chi connectivity index (χ0n) is 15.8. The van der Waals surface area contributed by atoms with Gasteiger partial charge in [0.05, 0.1) is 5.69 Å². The number of carbonyl (C=O) groups is 1. The number of aryl methyl sites for hydroxylation is 2. The molecule has 0 unspecified atom stereocenters. The van der Waals surface area contributed by atoms with Gasteiger partial charge in [0, 0.05) is 5.69 Å². The van der Waals surface area contributed by atoms with Gasteiger partial charge >= 0.3 is 0 Å². The number of anilines is 1. The first-order valence-corrected chi connectivity index (χ1v) is 8.85. The van der Waals surface area contributed by atoms with Gasteiger partial charge in [-0.2, -0.15) is 4.68 Å². The lowest BCUT2D eigenvalue weighted by molar-refractivity contribution is -0.116. The minimum atomic E-state index is -0.487. The summed E-state index contributed by atoms with van der Waals surface area (Å²) in [6, 6.07) is 11.3.